The van der Waals surface area contributed by atoms with Gasteiger partial charge in [-0.1, -0.05) is 19.1 Å². The second-order valence-electron chi connectivity index (χ2n) is 4.47. The van der Waals surface area contributed by atoms with Gasteiger partial charge < -0.3 is 10.1 Å². The normalized spacial score (nSPS) is 14.5. The maximum atomic E-state index is 11.6. The molecule has 1 aromatic rings. The van der Waals surface area contributed by atoms with Crippen LogP contribution >= 0.6 is 0 Å². The Morgan fingerprint density at radius 1 is 1.28 bits per heavy atom. The van der Waals surface area contributed by atoms with E-state index in [4.69, 9.17) is 4.74 Å². The van der Waals surface area contributed by atoms with E-state index in [0.29, 0.717) is 11.5 Å². The van der Waals surface area contributed by atoms with Crippen molar-refractivity contribution >= 4 is 10.8 Å². The number of rotatable bonds is 7. The number of nitrogens with one attached hydrogen (secondary N) is 1. The Labute approximate surface area is 112 Å². The Bertz CT molecular complexity index is 376. The van der Waals surface area contributed by atoms with Crippen LogP contribution in [0.2, 0.25) is 0 Å². The zero-order valence-electron chi connectivity index (χ0n) is 11.6. The molecule has 3 nitrogen and oxygen atoms in total. The predicted octanol–water partition coefficient (Wildman–Crippen LogP) is 2.50. The molecule has 4 heteroatoms. The number of ether oxygens (including phenoxy) is 1. The lowest BCUT2D eigenvalue weighted by atomic mass is 10.1. The molecule has 2 unspecified atom stereocenters. The molecule has 0 radical (unpaired) electrons. The minimum Gasteiger partial charge on any atom is -0.491 e. The molecule has 1 N–H and O–H groups in total. The molecule has 0 heterocycles. The van der Waals surface area contributed by atoms with E-state index < -0.39 is 10.8 Å². The van der Waals surface area contributed by atoms with Crippen molar-refractivity contribution in [3.05, 3.63) is 29.8 Å². The van der Waals surface area contributed by atoms with Crippen LogP contribution < -0.4 is 10.1 Å². The van der Waals surface area contributed by atoms with E-state index in [1.807, 2.05) is 52.1 Å². The Kier molecular flexibility index (Phi) is 6.36. The topological polar surface area (TPSA) is 38.3 Å². The fourth-order valence-corrected chi connectivity index (χ4v) is 2.67. The molecule has 0 saturated heterocycles. The van der Waals surface area contributed by atoms with Crippen molar-refractivity contribution in [1.29, 1.82) is 0 Å². The first kappa shape index (κ1) is 15.2. The van der Waals surface area contributed by atoms with Gasteiger partial charge in [0.05, 0.1) is 6.10 Å². The van der Waals surface area contributed by atoms with Crippen molar-refractivity contribution in [2.24, 2.45) is 0 Å². The fraction of sp³-hybridized carbons (Fsp3) is 0.571. The number of hydrogen-bond acceptors (Lipinski definition) is 3. The van der Waals surface area contributed by atoms with Crippen molar-refractivity contribution in [2.75, 3.05) is 18.6 Å². The summed E-state index contributed by atoms with van der Waals surface area (Å²) in [6, 6.07) is 8.14. The van der Waals surface area contributed by atoms with Gasteiger partial charge in [-0.15, -0.1) is 0 Å². The summed E-state index contributed by atoms with van der Waals surface area (Å²) >= 11 is 0. The van der Waals surface area contributed by atoms with Gasteiger partial charge >= 0.3 is 0 Å². The zero-order chi connectivity index (χ0) is 13.5. The molecule has 0 bridgehead atoms. The van der Waals surface area contributed by atoms with Crippen molar-refractivity contribution in [1.82, 2.24) is 5.32 Å². The molecule has 0 aliphatic carbocycles. The monoisotopic (exact) mass is 269 g/mol. The number of benzene rings is 1. The second-order valence-corrected chi connectivity index (χ2v) is 6.26. The molecule has 102 valence electrons. The van der Waals surface area contributed by atoms with Crippen LogP contribution in [-0.4, -0.2) is 28.9 Å². The molecule has 0 saturated carbocycles. The smallest absolute Gasteiger partial charge is 0.119 e. The van der Waals surface area contributed by atoms with Gasteiger partial charge in [-0.3, -0.25) is 4.21 Å². The highest BCUT2D eigenvalue weighted by Crippen LogP contribution is 2.19. The summed E-state index contributed by atoms with van der Waals surface area (Å²) in [5.41, 5.74) is 1.15. The third-order valence-electron chi connectivity index (χ3n) is 2.68. The van der Waals surface area contributed by atoms with Gasteiger partial charge in [0, 0.05) is 28.3 Å². The first-order chi connectivity index (χ1) is 8.56. The summed E-state index contributed by atoms with van der Waals surface area (Å²) in [5.74, 6) is 2.23. The molecule has 0 amide bonds. The van der Waals surface area contributed by atoms with E-state index in [-0.39, 0.29) is 12.1 Å². The Morgan fingerprint density at radius 2 is 1.89 bits per heavy atom. The van der Waals surface area contributed by atoms with E-state index in [9.17, 15) is 4.21 Å². The molecule has 1 aromatic carbocycles. The maximum absolute atomic E-state index is 11.6. The van der Waals surface area contributed by atoms with E-state index in [2.05, 4.69) is 5.32 Å². The lowest BCUT2D eigenvalue weighted by Gasteiger charge is -2.17. The third-order valence-corrected chi connectivity index (χ3v) is 4.03. The summed E-state index contributed by atoms with van der Waals surface area (Å²) in [6.45, 7) is 5.96. The Morgan fingerprint density at radius 3 is 2.33 bits per heavy atom. The van der Waals surface area contributed by atoms with Gasteiger partial charge in [-0.25, -0.2) is 0 Å². The first-order valence-electron chi connectivity index (χ1n) is 6.35. The van der Waals surface area contributed by atoms with E-state index in [1.54, 1.807) is 0 Å². The second kappa shape index (κ2) is 7.54. The Hall–Kier alpha value is -0.870. The lowest BCUT2D eigenvalue weighted by Crippen LogP contribution is -2.23. The van der Waals surface area contributed by atoms with Crippen LogP contribution in [0.15, 0.2) is 24.3 Å². The van der Waals surface area contributed by atoms with Gasteiger partial charge in [0.1, 0.15) is 5.75 Å². The van der Waals surface area contributed by atoms with Crippen LogP contribution in [0.5, 0.6) is 5.75 Å². The lowest BCUT2D eigenvalue weighted by molar-refractivity contribution is 0.242. The average molecular weight is 269 g/mol. The highest BCUT2D eigenvalue weighted by molar-refractivity contribution is 7.84. The third kappa shape index (κ3) is 4.78. The van der Waals surface area contributed by atoms with Gasteiger partial charge in [-0.05, 0) is 38.6 Å². The molecule has 0 aliphatic rings. The molecule has 1 rings (SSSR count). The van der Waals surface area contributed by atoms with Crippen LogP contribution in [-0.2, 0) is 10.8 Å². The van der Waals surface area contributed by atoms with Crippen LogP contribution in [0.3, 0.4) is 0 Å². The largest absolute Gasteiger partial charge is 0.491 e. The van der Waals surface area contributed by atoms with Gasteiger partial charge in [-0.2, -0.15) is 0 Å². The number of hydrogen-bond donors (Lipinski definition) is 1. The highest BCUT2D eigenvalue weighted by atomic mass is 32.2. The van der Waals surface area contributed by atoms with Gasteiger partial charge in [0.15, 0.2) is 0 Å². The molecule has 0 aromatic heterocycles. The van der Waals surface area contributed by atoms with Crippen molar-refractivity contribution in [2.45, 2.75) is 32.9 Å². The molecule has 0 spiro atoms. The summed E-state index contributed by atoms with van der Waals surface area (Å²) in [5, 5.41) is 3.21. The van der Waals surface area contributed by atoms with E-state index >= 15 is 0 Å². The van der Waals surface area contributed by atoms with E-state index in [0.717, 1.165) is 11.3 Å². The fourth-order valence-electron chi connectivity index (χ4n) is 1.70. The SMILES string of the molecule is CCS(=O)CC(NC)c1ccc(OC(C)C)cc1. The summed E-state index contributed by atoms with van der Waals surface area (Å²) in [6.07, 6.45) is 0.184. The average Bonchev–Trinajstić information content (AvgIpc) is 2.36. The molecular formula is C14H23NO2S. The van der Waals surface area contributed by atoms with Crippen molar-refractivity contribution < 1.29 is 8.95 Å². The minimum absolute atomic E-state index is 0.138. The van der Waals surface area contributed by atoms with Gasteiger partial charge in [0.2, 0.25) is 0 Å². The summed E-state index contributed by atoms with van der Waals surface area (Å²) < 4.78 is 17.2. The highest BCUT2D eigenvalue weighted by Gasteiger charge is 2.12. The molecule has 0 fully saturated rings. The molecule has 2 atom stereocenters. The summed E-state index contributed by atoms with van der Waals surface area (Å²) in [7, 11) is 1.13. The van der Waals surface area contributed by atoms with Gasteiger partial charge in [0.25, 0.3) is 0 Å². The molecular weight excluding hydrogens is 246 g/mol. The predicted molar refractivity (Wildman–Crippen MR) is 77.6 cm³/mol. The minimum atomic E-state index is -0.766. The first-order valence-corrected chi connectivity index (χ1v) is 7.84. The van der Waals surface area contributed by atoms with E-state index in [1.165, 1.54) is 0 Å². The van der Waals surface area contributed by atoms with Crippen molar-refractivity contribution in [3.8, 4) is 5.75 Å². The Balaban J connectivity index is 2.72. The van der Waals surface area contributed by atoms with Crippen LogP contribution in [0, 0.1) is 0 Å². The summed E-state index contributed by atoms with van der Waals surface area (Å²) in [4.78, 5) is 0. The zero-order valence-corrected chi connectivity index (χ0v) is 12.4. The van der Waals surface area contributed by atoms with Crippen LogP contribution in [0.1, 0.15) is 32.4 Å². The molecule has 18 heavy (non-hydrogen) atoms. The van der Waals surface area contributed by atoms with Crippen molar-refractivity contribution in [3.63, 3.8) is 0 Å². The van der Waals surface area contributed by atoms with Crippen LogP contribution in [0.25, 0.3) is 0 Å². The quantitative estimate of drug-likeness (QED) is 0.826. The standard InChI is InChI=1S/C14H23NO2S/c1-5-18(16)10-14(15-4)12-6-8-13(9-7-12)17-11(2)3/h6-9,11,14-15H,5,10H2,1-4H3. The molecule has 0 aliphatic heterocycles. The maximum Gasteiger partial charge on any atom is 0.119 e. The van der Waals surface area contributed by atoms with Crippen LogP contribution in [0.4, 0.5) is 0 Å².